The normalized spacial score (nSPS) is 13.9. The Bertz CT molecular complexity index is 96.6. The zero-order valence-corrected chi connectivity index (χ0v) is 9.10. The lowest BCUT2D eigenvalue weighted by Crippen LogP contribution is -2.12. The molecule has 0 bridgehead atoms. The van der Waals surface area contributed by atoms with E-state index in [0.29, 0.717) is 0 Å². The summed E-state index contributed by atoms with van der Waals surface area (Å²) in [6.45, 7) is 6.11. The number of nitrogens with zero attached hydrogens (tertiary/aromatic N) is 1. The molecule has 0 aliphatic carbocycles. The minimum Gasteiger partial charge on any atom is -0.539 e. The lowest BCUT2D eigenvalue weighted by atomic mass is 10.8. The average Bonchev–Trinajstić information content (AvgIpc) is 1.85. The fourth-order valence-corrected chi connectivity index (χ4v) is 1.29. The van der Waals surface area contributed by atoms with Crippen molar-refractivity contribution in [2.45, 2.75) is 20.0 Å². The van der Waals surface area contributed by atoms with E-state index in [0.717, 1.165) is 5.90 Å². The summed E-state index contributed by atoms with van der Waals surface area (Å²) in [6, 6.07) is 0. The molecule has 0 aromatic rings. The van der Waals surface area contributed by atoms with E-state index in [1.54, 1.807) is 0 Å². The topological polar surface area (TPSA) is 33.6 Å². The smallest absolute Gasteiger partial charge is 0.218 e. The molecule has 1 N–H and O–H groups in total. The van der Waals surface area contributed by atoms with Crippen molar-refractivity contribution in [2.75, 3.05) is 0 Å². The Morgan fingerprint density at radius 3 is 2.67 bits per heavy atom. The Hall–Kier alpha value is -0.296. The second kappa shape index (κ2) is 5.83. The Morgan fingerprint density at radius 2 is 2.22 bits per heavy atom. The van der Waals surface area contributed by atoms with Crippen LogP contribution in [0.15, 0.2) is 5.10 Å². The van der Waals surface area contributed by atoms with Gasteiger partial charge in [0, 0.05) is 6.92 Å². The largest absolute Gasteiger partial charge is 0.539 e. The summed E-state index contributed by atoms with van der Waals surface area (Å²) in [5.41, 5.74) is 0. The van der Waals surface area contributed by atoms with Crippen molar-refractivity contribution in [3.05, 3.63) is 0 Å². The van der Waals surface area contributed by atoms with Crippen molar-refractivity contribution in [1.29, 1.82) is 0 Å². The van der Waals surface area contributed by atoms with Crippen LogP contribution in [0.3, 0.4) is 0 Å². The Labute approximate surface area is 60.7 Å². The zero-order valence-electron chi connectivity index (χ0n) is 6.27. The van der Waals surface area contributed by atoms with E-state index >= 15 is 0 Å². The number of hydrogen-bond donors (Lipinski definition) is 1. The van der Waals surface area contributed by atoms with Gasteiger partial charge in [-0.25, -0.2) is 0 Å². The van der Waals surface area contributed by atoms with Gasteiger partial charge in [-0.05, 0) is 6.55 Å². The molecule has 0 aliphatic rings. The molecule has 0 fully saturated rings. The van der Waals surface area contributed by atoms with Gasteiger partial charge in [-0.15, -0.1) is 0 Å². The molecule has 54 valence electrons. The Kier molecular flexibility index (Phi) is 5.64. The van der Waals surface area contributed by atoms with Crippen LogP contribution in [0, 0.1) is 0 Å². The summed E-state index contributed by atoms with van der Waals surface area (Å²) in [6.07, 6.45) is 0. The maximum absolute atomic E-state index is 5.19. The number of hydrogen-bond acceptors (Lipinski definition) is 3. The molecular formula is C4H14N2OSi2. The summed E-state index contributed by atoms with van der Waals surface area (Å²) in [5.74, 6) is 0.790. The summed E-state index contributed by atoms with van der Waals surface area (Å²) in [7, 11) is -0.465. The lowest BCUT2D eigenvalue weighted by Gasteiger charge is -2.00. The number of rotatable bonds is 3. The van der Waals surface area contributed by atoms with E-state index in [4.69, 9.17) is 4.43 Å². The molecule has 0 aromatic heterocycles. The molecule has 0 aromatic carbocycles. The maximum atomic E-state index is 5.19. The second-order valence-corrected chi connectivity index (χ2v) is 3.46. The molecule has 0 amide bonds. The van der Waals surface area contributed by atoms with Gasteiger partial charge < -0.3 is 9.52 Å². The molecule has 0 heterocycles. The number of nitrogens with one attached hydrogen (secondary N) is 1. The Balaban J connectivity index is 3.30. The van der Waals surface area contributed by atoms with Crippen molar-refractivity contribution in [3.63, 3.8) is 0 Å². The highest BCUT2D eigenvalue weighted by Gasteiger charge is 1.84. The standard InChI is InChI=1S/C4H14N2OSi2/c1-4(7-9-3)5-6-8-2/h6H,8-9H2,1-3H3/b5-4-. The molecule has 3 nitrogen and oxygen atoms in total. The summed E-state index contributed by atoms with van der Waals surface area (Å²) in [4.78, 5) is 0. The minimum atomic E-state index is -0.317. The van der Waals surface area contributed by atoms with Crippen LogP contribution in [-0.4, -0.2) is 25.3 Å². The van der Waals surface area contributed by atoms with Crippen molar-refractivity contribution < 1.29 is 4.43 Å². The molecule has 0 rings (SSSR count). The zero-order chi connectivity index (χ0) is 7.11. The van der Waals surface area contributed by atoms with Gasteiger partial charge >= 0.3 is 0 Å². The predicted octanol–water partition coefficient (Wildman–Crippen LogP) is -0.810. The van der Waals surface area contributed by atoms with Gasteiger partial charge in [0.25, 0.3) is 0 Å². The molecule has 0 radical (unpaired) electrons. The van der Waals surface area contributed by atoms with Gasteiger partial charge in [0.2, 0.25) is 9.76 Å². The van der Waals surface area contributed by atoms with Crippen LogP contribution in [-0.2, 0) is 4.43 Å². The second-order valence-electron chi connectivity index (χ2n) is 1.58. The van der Waals surface area contributed by atoms with Crippen molar-refractivity contribution >= 4 is 25.3 Å². The van der Waals surface area contributed by atoms with E-state index in [-0.39, 0.29) is 19.4 Å². The molecule has 0 unspecified atom stereocenters. The molecule has 0 saturated carbocycles. The molecule has 0 aliphatic heterocycles. The van der Waals surface area contributed by atoms with Crippen molar-refractivity contribution in [1.82, 2.24) is 5.09 Å². The van der Waals surface area contributed by atoms with Gasteiger partial charge in [-0.1, -0.05) is 6.55 Å². The lowest BCUT2D eigenvalue weighted by molar-refractivity contribution is 0.583. The van der Waals surface area contributed by atoms with Gasteiger partial charge in [-0.3, -0.25) is 0 Å². The van der Waals surface area contributed by atoms with Crippen LogP contribution >= 0.6 is 0 Å². The SMILES string of the molecule is C[SiH2]N/N=C(/C)O[SiH2]C. The first-order valence-corrected chi connectivity index (χ1v) is 7.32. The average molecular weight is 162 g/mol. The van der Waals surface area contributed by atoms with E-state index in [1.807, 2.05) is 6.92 Å². The van der Waals surface area contributed by atoms with Crippen LogP contribution in [0.25, 0.3) is 0 Å². The quantitative estimate of drug-likeness (QED) is 0.255. The van der Waals surface area contributed by atoms with Crippen molar-refractivity contribution in [3.8, 4) is 0 Å². The molecular weight excluding hydrogens is 148 g/mol. The minimum absolute atomic E-state index is 0.148. The van der Waals surface area contributed by atoms with E-state index in [1.165, 1.54) is 0 Å². The first-order chi connectivity index (χ1) is 4.31. The summed E-state index contributed by atoms with van der Waals surface area (Å²) < 4.78 is 5.19. The van der Waals surface area contributed by atoms with Crippen LogP contribution in [0.1, 0.15) is 6.92 Å². The summed E-state index contributed by atoms with van der Waals surface area (Å²) >= 11 is 0. The third-order valence-corrected chi connectivity index (χ3v) is 1.93. The van der Waals surface area contributed by atoms with Gasteiger partial charge in [-0.2, -0.15) is 5.10 Å². The van der Waals surface area contributed by atoms with E-state index in [2.05, 4.69) is 23.3 Å². The molecule has 5 heteroatoms. The molecule has 0 saturated heterocycles. The van der Waals surface area contributed by atoms with E-state index < -0.39 is 0 Å². The summed E-state index contributed by atoms with van der Waals surface area (Å²) in [5, 5.41) is 6.93. The van der Waals surface area contributed by atoms with Crippen LogP contribution in [0.2, 0.25) is 13.1 Å². The predicted molar refractivity (Wildman–Crippen MR) is 46.1 cm³/mol. The van der Waals surface area contributed by atoms with Gasteiger partial charge in [0.05, 0.1) is 0 Å². The number of hydrazone groups is 1. The fourth-order valence-electron chi connectivity index (χ4n) is 0.432. The van der Waals surface area contributed by atoms with Crippen LogP contribution in [0.5, 0.6) is 0 Å². The highest BCUT2D eigenvalue weighted by molar-refractivity contribution is 6.30. The highest BCUT2D eigenvalue weighted by atomic mass is 28.2. The maximum Gasteiger partial charge on any atom is 0.218 e. The van der Waals surface area contributed by atoms with Gasteiger partial charge in [0.1, 0.15) is 9.68 Å². The highest BCUT2D eigenvalue weighted by Crippen LogP contribution is 1.74. The Morgan fingerprint density at radius 1 is 1.56 bits per heavy atom. The third-order valence-electron chi connectivity index (χ3n) is 0.748. The molecule has 0 spiro atoms. The molecule has 0 atom stereocenters. The molecule has 9 heavy (non-hydrogen) atoms. The van der Waals surface area contributed by atoms with Crippen LogP contribution < -0.4 is 5.09 Å². The van der Waals surface area contributed by atoms with Crippen LogP contribution in [0.4, 0.5) is 0 Å². The third kappa shape index (κ3) is 5.58. The first kappa shape index (κ1) is 8.70. The van der Waals surface area contributed by atoms with Gasteiger partial charge in [0.15, 0.2) is 5.90 Å². The fraction of sp³-hybridized carbons (Fsp3) is 0.750. The first-order valence-electron chi connectivity index (χ1n) is 3.21. The monoisotopic (exact) mass is 162 g/mol. The van der Waals surface area contributed by atoms with Crippen molar-refractivity contribution in [2.24, 2.45) is 5.10 Å². The van der Waals surface area contributed by atoms with E-state index in [9.17, 15) is 0 Å².